The SMILES string of the molecule is CC(C)[C@@H](CO)NS(=O)(=O)c1scnc1C(=O)O. The Morgan fingerprint density at radius 3 is 2.61 bits per heavy atom. The van der Waals surface area contributed by atoms with E-state index in [1.807, 2.05) is 0 Å². The number of aliphatic hydroxyl groups excluding tert-OH is 1. The number of carboxylic acids is 1. The van der Waals surface area contributed by atoms with Gasteiger partial charge in [-0.05, 0) is 5.92 Å². The molecule has 1 atom stereocenters. The first-order valence-corrected chi connectivity index (χ1v) is 7.45. The van der Waals surface area contributed by atoms with Crippen LogP contribution in [0.15, 0.2) is 9.72 Å². The van der Waals surface area contributed by atoms with E-state index >= 15 is 0 Å². The van der Waals surface area contributed by atoms with Crippen molar-refractivity contribution in [2.75, 3.05) is 6.61 Å². The molecule has 3 N–H and O–H groups in total. The van der Waals surface area contributed by atoms with Gasteiger partial charge in [-0.2, -0.15) is 0 Å². The van der Waals surface area contributed by atoms with Crippen molar-refractivity contribution in [2.24, 2.45) is 5.92 Å². The van der Waals surface area contributed by atoms with Gasteiger partial charge in [0.05, 0.1) is 12.1 Å². The van der Waals surface area contributed by atoms with E-state index in [2.05, 4.69) is 9.71 Å². The zero-order chi connectivity index (χ0) is 13.9. The summed E-state index contributed by atoms with van der Waals surface area (Å²) in [5.74, 6) is -1.52. The molecule has 0 amide bonds. The van der Waals surface area contributed by atoms with Crippen LogP contribution >= 0.6 is 11.3 Å². The Labute approximate surface area is 109 Å². The number of carboxylic acid groups (broad SMARTS) is 1. The zero-order valence-corrected chi connectivity index (χ0v) is 11.5. The van der Waals surface area contributed by atoms with Crippen molar-refractivity contribution >= 4 is 27.3 Å². The molecule has 0 bridgehead atoms. The number of carbonyl (C=O) groups is 1. The van der Waals surface area contributed by atoms with Crippen LogP contribution in [-0.4, -0.2) is 42.2 Å². The van der Waals surface area contributed by atoms with Crippen LogP contribution < -0.4 is 4.72 Å². The molecule has 18 heavy (non-hydrogen) atoms. The lowest BCUT2D eigenvalue weighted by molar-refractivity contribution is 0.0687. The third-order valence-corrected chi connectivity index (χ3v) is 5.15. The first-order chi connectivity index (χ1) is 8.29. The molecule has 0 saturated heterocycles. The van der Waals surface area contributed by atoms with Gasteiger partial charge in [-0.15, -0.1) is 11.3 Å². The van der Waals surface area contributed by atoms with Gasteiger partial charge >= 0.3 is 5.97 Å². The first kappa shape index (κ1) is 15.0. The van der Waals surface area contributed by atoms with Crippen molar-refractivity contribution in [3.8, 4) is 0 Å². The summed E-state index contributed by atoms with van der Waals surface area (Å²) in [7, 11) is -3.98. The highest BCUT2D eigenvalue weighted by Gasteiger charge is 2.28. The number of hydrogen-bond donors (Lipinski definition) is 3. The molecule has 7 nitrogen and oxygen atoms in total. The molecule has 9 heteroatoms. The largest absolute Gasteiger partial charge is 0.476 e. The van der Waals surface area contributed by atoms with Crippen molar-refractivity contribution in [1.29, 1.82) is 0 Å². The lowest BCUT2D eigenvalue weighted by Crippen LogP contribution is -2.41. The monoisotopic (exact) mass is 294 g/mol. The third kappa shape index (κ3) is 3.25. The molecule has 0 spiro atoms. The van der Waals surface area contributed by atoms with Gasteiger partial charge < -0.3 is 10.2 Å². The summed E-state index contributed by atoms with van der Waals surface area (Å²) >= 11 is 0.725. The molecule has 0 aliphatic rings. The van der Waals surface area contributed by atoms with Gasteiger partial charge in [0.1, 0.15) is 0 Å². The lowest BCUT2D eigenvalue weighted by Gasteiger charge is -2.19. The number of nitrogens with zero attached hydrogens (tertiary/aromatic N) is 1. The minimum Gasteiger partial charge on any atom is -0.476 e. The van der Waals surface area contributed by atoms with Crippen molar-refractivity contribution in [3.63, 3.8) is 0 Å². The average molecular weight is 294 g/mol. The second kappa shape index (κ2) is 5.74. The van der Waals surface area contributed by atoms with Crippen molar-refractivity contribution in [2.45, 2.75) is 24.1 Å². The lowest BCUT2D eigenvalue weighted by atomic mass is 10.1. The van der Waals surface area contributed by atoms with E-state index in [4.69, 9.17) is 10.2 Å². The minimum atomic E-state index is -3.98. The van der Waals surface area contributed by atoms with Crippen LogP contribution in [-0.2, 0) is 10.0 Å². The van der Waals surface area contributed by atoms with E-state index < -0.39 is 27.7 Å². The van der Waals surface area contributed by atoms with Crippen LogP contribution in [0.4, 0.5) is 0 Å². The summed E-state index contributed by atoms with van der Waals surface area (Å²) < 4.78 is 25.9. The van der Waals surface area contributed by atoms with Crippen molar-refractivity contribution in [1.82, 2.24) is 9.71 Å². The highest BCUT2D eigenvalue weighted by Crippen LogP contribution is 2.20. The van der Waals surface area contributed by atoms with Crippen LogP contribution in [0.2, 0.25) is 0 Å². The Hall–Kier alpha value is -1.03. The first-order valence-electron chi connectivity index (χ1n) is 5.09. The second-order valence-electron chi connectivity index (χ2n) is 3.95. The van der Waals surface area contributed by atoms with Gasteiger partial charge in [-0.1, -0.05) is 13.8 Å². The van der Waals surface area contributed by atoms with E-state index in [0.29, 0.717) is 0 Å². The summed E-state index contributed by atoms with van der Waals surface area (Å²) in [5, 5.41) is 17.9. The maximum absolute atomic E-state index is 12.0. The molecule has 1 heterocycles. The maximum atomic E-state index is 12.0. The molecule has 0 radical (unpaired) electrons. The predicted molar refractivity (Wildman–Crippen MR) is 65.1 cm³/mol. The summed E-state index contributed by atoms with van der Waals surface area (Å²) in [6.07, 6.45) is 0. The third-order valence-electron chi connectivity index (χ3n) is 2.29. The molecule has 0 aromatic carbocycles. The quantitative estimate of drug-likeness (QED) is 0.687. The highest BCUT2D eigenvalue weighted by atomic mass is 32.2. The molecule has 0 saturated carbocycles. The number of aromatic carboxylic acids is 1. The number of thiazole rings is 1. The topological polar surface area (TPSA) is 117 Å². The summed E-state index contributed by atoms with van der Waals surface area (Å²) in [6, 6.07) is -0.668. The molecule has 102 valence electrons. The Bertz CT molecular complexity index is 523. The van der Waals surface area contributed by atoms with E-state index in [0.717, 1.165) is 16.8 Å². The number of sulfonamides is 1. The van der Waals surface area contributed by atoms with Gasteiger partial charge in [0.25, 0.3) is 10.0 Å². The fourth-order valence-corrected chi connectivity index (χ4v) is 3.74. The van der Waals surface area contributed by atoms with E-state index in [-0.39, 0.29) is 16.7 Å². The number of aromatic nitrogens is 1. The Balaban J connectivity index is 3.07. The molecule has 0 unspecified atom stereocenters. The Morgan fingerprint density at radius 1 is 1.56 bits per heavy atom. The zero-order valence-electron chi connectivity index (χ0n) is 9.82. The van der Waals surface area contributed by atoms with E-state index in [1.54, 1.807) is 13.8 Å². The number of nitrogens with one attached hydrogen (secondary N) is 1. The molecule has 1 aromatic rings. The van der Waals surface area contributed by atoms with Gasteiger partial charge in [0, 0.05) is 6.04 Å². The van der Waals surface area contributed by atoms with Crippen LogP contribution in [0.3, 0.4) is 0 Å². The van der Waals surface area contributed by atoms with Crippen LogP contribution in [0, 0.1) is 5.92 Å². The maximum Gasteiger partial charge on any atom is 0.356 e. The number of hydrogen-bond acceptors (Lipinski definition) is 6. The number of aliphatic hydroxyl groups is 1. The smallest absolute Gasteiger partial charge is 0.356 e. The Morgan fingerprint density at radius 2 is 2.17 bits per heavy atom. The molecule has 1 aromatic heterocycles. The molecular weight excluding hydrogens is 280 g/mol. The molecular formula is C9H14N2O5S2. The molecule has 1 rings (SSSR count). The van der Waals surface area contributed by atoms with Crippen LogP contribution in [0.25, 0.3) is 0 Å². The van der Waals surface area contributed by atoms with Gasteiger partial charge in [-0.25, -0.2) is 22.9 Å². The summed E-state index contributed by atoms with van der Waals surface area (Å²) in [4.78, 5) is 14.3. The summed E-state index contributed by atoms with van der Waals surface area (Å²) in [6.45, 7) is 3.13. The van der Waals surface area contributed by atoms with Crippen LogP contribution in [0.1, 0.15) is 24.3 Å². The second-order valence-corrected chi connectivity index (χ2v) is 6.71. The fraction of sp³-hybridized carbons (Fsp3) is 0.556. The fourth-order valence-electron chi connectivity index (χ4n) is 1.21. The van der Waals surface area contributed by atoms with Gasteiger partial charge in [-0.3, -0.25) is 0 Å². The molecule has 0 fully saturated rings. The molecule has 0 aliphatic carbocycles. The average Bonchev–Trinajstić information content (AvgIpc) is 2.75. The number of rotatable bonds is 6. The van der Waals surface area contributed by atoms with Crippen LogP contribution in [0.5, 0.6) is 0 Å². The Kier molecular flexibility index (Phi) is 4.79. The highest BCUT2D eigenvalue weighted by molar-refractivity contribution is 7.91. The van der Waals surface area contributed by atoms with E-state index in [9.17, 15) is 13.2 Å². The van der Waals surface area contributed by atoms with E-state index in [1.165, 1.54) is 0 Å². The minimum absolute atomic E-state index is 0.119. The van der Waals surface area contributed by atoms with Crippen molar-refractivity contribution < 1.29 is 23.4 Å². The van der Waals surface area contributed by atoms with Gasteiger partial charge in [0.15, 0.2) is 9.90 Å². The predicted octanol–water partition coefficient (Wildman–Crippen LogP) is 0.137. The van der Waals surface area contributed by atoms with Gasteiger partial charge in [0.2, 0.25) is 0 Å². The summed E-state index contributed by atoms with van der Waals surface area (Å²) in [5.41, 5.74) is 0.648. The standard InChI is InChI=1S/C9H14N2O5S2/c1-5(2)6(3-12)11-18(15,16)9-7(8(13)14)10-4-17-9/h4-6,11-12H,3H2,1-2H3,(H,13,14)/t6-/m1/s1. The molecule has 0 aliphatic heterocycles. The van der Waals surface area contributed by atoms with Crippen molar-refractivity contribution in [3.05, 3.63) is 11.2 Å². The normalized spacial score (nSPS) is 13.8.